The van der Waals surface area contributed by atoms with Crippen molar-refractivity contribution in [2.75, 3.05) is 0 Å². The Kier molecular flexibility index (Phi) is 6.04. The van der Waals surface area contributed by atoms with Crippen molar-refractivity contribution < 1.29 is 15.0 Å². The summed E-state index contributed by atoms with van der Waals surface area (Å²) >= 11 is 0. The van der Waals surface area contributed by atoms with Gasteiger partial charge in [0.05, 0.1) is 6.10 Å². The number of allylic oxidation sites excluding steroid dienone is 2. The number of hydrogen-bond donors (Lipinski definition) is 2. The molecule has 31 heavy (non-hydrogen) atoms. The van der Waals surface area contributed by atoms with E-state index in [1.165, 1.54) is 19.3 Å². The number of carbonyl (C=O) groups is 1. The van der Waals surface area contributed by atoms with E-state index in [-0.39, 0.29) is 17.6 Å². The highest BCUT2D eigenvalue weighted by Gasteiger charge is 2.67. The number of hydrogen-bond acceptors (Lipinski definition) is 3. The van der Waals surface area contributed by atoms with E-state index in [4.69, 9.17) is 0 Å². The Hall–Kier alpha value is -0.670. The molecular weight excluding hydrogens is 384 g/mol. The fourth-order valence-corrected chi connectivity index (χ4v) is 8.63. The largest absolute Gasteiger partial charge is 0.393 e. The van der Waals surface area contributed by atoms with Gasteiger partial charge in [0, 0.05) is 18.3 Å². The Bertz CT molecular complexity index is 728. The van der Waals surface area contributed by atoms with E-state index in [9.17, 15) is 15.0 Å². The molecule has 4 aliphatic rings. The van der Waals surface area contributed by atoms with Crippen molar-refractivity contribution in [1.82, 2.24) is 0 Å². The standard InChI is InChI=1S/C28H46O3/c1-17(2)18(3)7-8-19(4)22-9-10-23-21-15-25(30)28(31)16-20(29)11-14-27(28,6)24(21)12-13-26(22,23)5/h7-8,17-24,29,31H,9-16H2,1-6H3/b8-7+/t18-,19+,20-,21-,22+,23-,24-,26+,27+,28-/m0/s1. The summed E-state index contributed by atoms with van der Waals surface area (Å²) in [6.07, 6.45) is 11.4. The fraction of sp³-hybridized carbons (Fsp3) is 0.893. The van der Waals surface area contributed by atoms with Gasteiger partial charge in [0.2, 0.25) is 0 Å². The predicted molar refractivity (Wildman–Crippen MR) is 125 cm³/mol. The first kappa shape index (κ1) is 23.5. The van der Waals surface area contributed by atoms with Crippen LogP contribution in [-0.4, -0.2) is 27.7 Å². The highest BCUT2D eigenvalue weighted by atomic mass is 16.3. The lowest BCUT2D eigenvalue weighted by molar-refractivity contribution is -0.213. The molecule has 0 saturated heterocycles. The van der Waals surface area contributed by atoms with Gasteiger partial charge in [-0.15, -0.1) is 0 Å². The monoisotopic (exact) mass is 430 g/mol. The molecule has 4 saturated carbocycles. The van der Waals surface area contributed by atoms with Gasteiger partial charge in [-0.1, -0.05) is 53.7 Å². The first-order valence-electron chi connectivity index (χ1n) is 13.1. The van der Waals surface area contributed by atoms with E-state index in [1.54, 1.807) is 0 Å². The first-order chi connectivity index (χ1) is 14.4. The second-order valence-corrected chi connectivity index (χ2v) is 12.8. The van der Waals surface area contributed by atoms with Crippen LogP contribution in [0.5, 0.6) is 0 Å². The number of aliphatic hydroxyl groups excluding tert-OH is 1. The molecule has 3 heteroatoms. The minimum absolute atomic E-state index is 0.0152. The maximum absolute atomic E-state index is 13.3. The van der Waals surface area contributed by atoms with Crippen LogP contribution < -0.4 is 0 Å². The molecule has 0 heterocycles. The van der Waals surface area contributed by atoms with E-state index in [1.807, 2.05) is 0 Å². The summed E-state index contributed by atoms with van der Waals surface area (Å²) in [7, 11) is 0. The molecule has 0 radical (unpaired) electrons. The lowest BCUT2D eigenvalue weighted by Crippen LogP contribution is -2.67. The summed E-state index contributed by atoms with van der Waals surface area (Å²) < 4.78 is 0. The van der Waals surface area contributed by atoms with Gasteiger partial charge in [-0.2, -0.15) is 0 Å². The summed E-state index contributed by atoms with van der Waals surface area (Å²) in [5.74, 6) is 3.96. The molecule has 176 valence electrons. The summed E-state index contributed by atoms with van der Waals surface area (Å²) in [4.78, 5) is 13.3. The van der Waals surface area contributed by atoms with Crippen molar-refractivity contribution in [3.63, 3.8) is 0 Å². The van der Waals surface area contributed by atoms with Crippen LogP contribution in [0.3, 0.4) is 0 Å². The molecule has 2 N–H and O–H groups in total. The number of aliphatic hydroxyl groups is 2. The lowest BCUT2D eigenvalue weighted by Gasteiger charge is -2.63. The van der Waals surface area contributed by atoms with Crippen molar-refractivity contribution in [3.8, 4) is 0 Å². The molecule has 4 fully saturated rings. The van der Waals surface area contributed by atoms with Crippen LogP contribution in [0.25, 0.3) is 0 Å². The molecule has 0 aromatic carbocycles. The van der Waals surface area contributed by atoms with Crippen molar-refractivity contribution >= 4 is 5.78 Å². The van der Waals surface area contributed by atoms with Gasteiger partial charge in [0.1, 0.15) is 5.60 Å². The van der Waals surface area contributed by atoms with Gasteiger partial charge in [-0.3, -0.25) is 4.79 Å². The van der Waals surface area contributed by atoms with Crippen molar-refractivity contribution in [3.05, 3.63) is 12.2 Å². The normalized spacial score (nSPS) is 49.6. The molecule has 0 aromatic rings. The molecule has 10 atom stereocenters. The number of fused-ring (bicyclic) bond motifs is 5. The zero-order valence-corrected chi connectivity index (χ0v) is 20.7. The van der Waals surface area contributed by atoms with E-state index in [2.05, 4.69) is 53.7 Å². The first-order valence-corrected chi connectivity index (χ1v) is 13.1. The zero-order valence-electron chi connectivity index (χ0n) is 20.7. The van der Waals surface area contributed by atoms with Gasteiger partial charge in [0.15, 0.2) is 5.78 Å². The SMILES string of the molecule is CC(C)[C@@H](C)/C=C/[C@@H](C)[C@H]1CC[C@H]2[C@@H]3CC(=O)[C@@]4(O)C[C@@H](O)CC[C@]4(C)[C@H]3CC[C@]12C. The highest BCUT2D eigenvalue weighted by molar-refractivity contribution is 5.89. The molecule has 3 nitrogen and oxygen atoms in total. The Labute approximate surface area is 190 Å². The van der Waals surface area contributed by atoms with E-state index in [0.29, 0.717) is 53.3 Å². The highest BCUT2D eigenvalue weighted by Crippen LogP contribution is 2.68. The molecule has 0 aromatic heterocycles. The van der Waals surface area contributed by atoms with Crippen molar-refractivity contribution in [2.24, 2.45) is 52.3 Å². The average molecular weight is 431 g/mol. The van der Waals surface area contributed by atoms with Crippen LogP contribution in [0, 0.1) is 52.3 Å². The van der Waals surface area contributed by atoms with Gasteiger partial charge in [-0.05, 0) is 85.4 Å². The average Bonchev–Trinajstić information content (AvgIpc) is 3.05. The molecule has 0 aliphatic heterocycles. The summed E-state index contributed by atoms with van der Waals surface area (Å²) in [6.45, 7) is 14.0. The Morgan fingerprint density at radius 2 is 1.68 bits per heavy atom. The molecule has 4 aliphatic carbocycles. The number of ketones is 1. The van der Waals surface area contributed by atoms with Gasteiger partial charge < -0.3 is 10.2 Å². The number of carbonyl (C=O) groups excluding carboxylic acids is 1. The zero-order chi connectivity index (χ0) is 22.8. The summed E-state index contributed by atoms with van der Waals surface area (Å²) in [6, 6.07) is 0. The van der Waals surface area contributed by atoms with Gasteiger partial charge in [0.25, 0.3) is 0 Å². The molecule has 0 unspecified atom stereocenters. The third-order valence-electron chi connectivity index (χ3n) is 11.1. The van der Waals surface area contributed by atoms with E-state index >= 15 is 0 Å². The van der Waals surface area contributed by atoms with Crippen molar-refractivity contribution in [1.29, 1.82) is 0 Å². The Balaban J connectivity index is 1.57. The van der Waals surface area contributed by atoms with Crippen molar-refractivity contribution in [2.45, 2.75) is 105 Å². The molecule has 4 rings (SSSR count). The smallest absolute Gasteiger partial charge is 0.165 e. The van der Waals surface area contributed by atoms with Gasteiger partial charge in [-0.25, -0.2) is 0 Å². The second kappa shape index (κ2) is 7.97. The van der Waals surface area contributed by atoms with Gasteiger partial charge >= 0.3 is 0 Å². The molecule has 0 spiro atoms. The van der Waals surface area contributed by atoms with Crippen LogP contribution in [0.2, 0.25) is 0 Å². The Morgan fingerprint density at radius 1 is 0.968 bits per heavy atom. The van der Waals surface area contributed by atoms with Crippen LogP contribution in [0.4, 0.5) is 0 Å². The quantitative estimate of drug-likeness (QED) is 0.556. The maximum Gasteiger partial charge on any atom is 0.165 e. The molecular formula is C28H46O3. The Morgan fingerprint density at radius 3 is 2.35 bits per heavy atom. The lowest BCUT2D eigenvalue weighted by atomic mass is 9.42. The maximum atomic E-state index is 13.3. The van der Waals surface area contributed by atoms with Crippen LogP contribution in [-0.2, 0) is 4.79 Å². The second-order valence-electron chi connectivity index (χ2n) is 12.8. The van der Waals surface area contributed by atoms with Crippen LogP contribution >= 0.6 is 0 Å². The third kappa shape index (κ3) is 3.48. The summed E-state index contributed by atoms with van der Waals surface area (Å²) in [5.41, 5.74) is -1.39. The third-order valence-corrected chi connectivity index (χ3v) is 11.1. The van der Waals surface area contributed by atoms with Crippen LogP contribution in [0.1, 0.15) is 92.9 Å². The van der Waals surface area contributed by atoms with E-state index < -0.39 is 11.7 Å². The summed E-state index contributed by atoms with van der Waals surface area (Å²) in [5, 5.41) is 21.8. The molecule has 0 bridgehead atoms. The number of Topliss-reactive ketones (excluding diaryl/α,β-unsaturated/α-hetero) is 1. The van der Waals surface area contributed by atoms with E-state index in [0.717, 1.165) is 19.3 Å². The topological polar surface area (TPSA) is 57.5 Å². The minimum atomic E-state index is -1.32. The number of rotatable bonds is 4. The minimum Gasteiger partial charge on any atom is -0.393 e. The molecule has 0 amide bonds. The predicted octanol–water partition coefficient (Wildman–Crippen LogP) is 5.78. The fourth-order valence-electron chi connectivity index (χ4n) is 8.63. The van der Waals surface area contributed by atoms with Crippen LogP contribution in [0.15, 0.2) is 12.2 Å².